The molecule has 1 nitrogen and oxygen atoms in total. The van der Waals surface area contributed by atoms with E-state index in [2.05, 4.69) is 40.7 Å². The number of phenolic OH excluding ortho intramolecular Hbond substituents is 1. The molecule has 0 spiro atoms. The summed E-state index contributed by atoms with van der Waals surface area (Å²) < 4.78 is 0. The van der Waals surface area contributed by atoms with Crippen molar-refractivity contribution < 1.29 is 5.11 Å². The molecule has 0 saturated heterocycles. The Kier molecular flexibility index (Phi) is 3.67. The molecular weight excluding hydrogens is 196 g/mol. The number of rotatable bonds is 2. The van der Waals surface area contributed by atoms with E-state index in [1.54, 1.807) is 0 Å². The van der Waals surface area contributed by atoms with Crippen molar-refractivity contribution >= 4 is 0 Å². The van der Waals surface area contributed by atoms with E-state index in [0.717, 1.165) is 24.0 Å². The van der Waals surface area contributed by atoms with E-state index in [4.69, 9.17) is 0 Å². The van der Waals surface area contributed by atoms with Gasteiger partial charge in [-0.05, 0) is 47.9 Å². The second-order valence-electron chi connectivity index (χ2n) is 5.68. The van der Waals surface area contributed by atoms with Gasteiger partial charge in [0.15, 0.2) is 0 Å². The van der Waals surface area contributed by atoms with Crippen molar-refractivity contribution in [2.24, 2.45) is 0 Å². The Hall–Kier alpha value is -0.980. The number of aromatic hydroxyl groups is 1. The van der Waals surface area contributed by atoms with E-state index in [-0.39, 0.29) is 5.41 Å². The van der Waals surface area contributed by atoms with E-state index in [0.29, 0.717) is 5.75 Å². The summed E-state index contributed by atoms with van der Waals surface area (Å²) in [5.74, 6) is 0.477. The van der Waals surface area contributed by atoms with Crippen LogP contribution in [0.2, 0.25) is 0 Å². The first-order valence-corrected chi connectivity index (χ1v) is 6.11. The number of phenols is 1. The van der Waals surface area contributed by atoms with Crippen LogP contribution in [0.5, 0.6) is 5.75 Å². The lowest BCUT2D eigenvalue weighted by molar-refractivity contribution is 0.441. The minimum atomic E-state index is 0.00499. The van der Waals surface area contributed by atoms with Crippen LogP contribution in [0.4, 0.5) is 0 Å². The van der Waals surface area contributed by atoms with E-state index >= 15 is 0 Å². The highest BCUT2D eigenvalue weighted by Gasteiger charge is 2.21. The second kappa shape index (κ2) is 4.48. The third kappa shape index (κ3) is 2.40. The van der Waals surface area contributed by atoms with Crippen LogP contribution < -0.4 is 0 Å². The molecule has 0 aliphatic rings. The van der Waals surface area contributed by atoms with Gasteiger partial charge in [0.2, 0.25) is 0 Å². The highest BCUT2D eigenvalue weighted by Crippen LogP contribution is 2.36. The molecule has 1 rings (SSSR count). The van der Waals surface area contributed by atoms with Gasteiger partial charge in [0.05, 0.1) is 0 Å². The fourth-order valence-electron chi connectivity index (χ4n) is 2.07. The van der Waals surface area contributed by atoms with Gasteiger partial charge in [-0.2, -0.15) is 0 Å². The largest absolute Gasteiger partial charge is 0.507 e. The third-order valence-electron chi connectivity index (χ3n) is 3.30. The average Bonchev–Trinajstić information content (AvgIpc) is 2.17. The first-order valence-electron chi connectivity index (χ1n) is 6.11. The Balaban J connectivity index is 3.41. The van der Waals surface area contributed by atoms with Crippen LogP contribution in [0.25, 0.3) is 0 Å². The summed E-state index contributed by atoms with van der Waals surface area (Å²) in [4.78, 5) is 0. The lowest BCUT2D eigenvalue weighted by Crippen LogP contribution is -2.13. The van der Waals surface area contributed by atoms with Gasteiger partial charge in [0, 0.05) is 0 Å². The summed E-state index contributed by atoms with van der Waals surface area (Å²) in [6.45, 7) is 12.7. The first kappa shape index (κ1) is 13.1. The Morgan fingerprint density at radius 2 is 1.69 bits per heavy atom. The standard InChI is InChI=1S/C15H24O/c1-7-8-12-9-13(15(4,5)6)14(16)11(3)10(12)2/h9,16H,7-8H2,1-6H3. The molecule has 0 atom stereocenters. The minimum Gasteiger partial charge on any atom is -0.507 e. The number of hydrogen-bond donors (Lipinski definition) is 1. The van der Waals surface area contributed by atoms with Crippen LogP contribution in [-0.4, -0.2) is 5.11 Å². The van der Waals surface area contributed by atoms with Crippen LogP contribution in [0.15, 0.2) is 6.07 Å². The second-order valence-corrected chi connectivity index (χ2v) is 5.68. The fourth-order valence-corrected chi connectivity index (χ4v) is 2.07. The van der Waals surface area contributed by atoms with E-state index in [1.807, 2.05) is 6.92 Å². The molecule has 0 radical (unpaired) electrons. The normalized spacial score (nSPS) is 11.9. The van der Waals surface area contributed by atoms with E-state index < -0.39 is 0 Å². The molecule has 1 aromatic rings. The van der Waals surface area contributed by atoms with Crippen LogP contribution >= 0.6 is 0 Å². The zero-order chi connectivity index (χ0) is 12.5. The van der Waals surface area contributed by atoms with Gasteiger partial charge in [0.1, 0.15) is 5.75 Å². The summed E-state index contributed by atoms with van der Waals surface area (Å²) >= 11 is 0. The number of hydrogen-bond acceptors (Lipinski definition) is 1. The molecule has 90 valence electrons. The van der Waals surface area contributed by atoms with Crippen molar-refractivity contribution in [3.63, 3.8) is 0 Å². The van der Waals surface area contributed by atoms with Gasteiger partial charge < -0.3 is 5.11 Å². The van der Waals surface area contributed by atoms with Crippen LogP contribution in [0.1, 0.15) is 56.4 Å². The zero-order valence-electron chi connectivity index (χ0n) is 11.4. The van der Waals surface area contributed by atoms with Crippen molar-refractivity contribution in [2.45, 2.75) is 59.8 Å². The summed E-state index contributed by atoms with van der Waals surface area (Å²) in [5.41, 5.74) is 4.73. The van der Waals surface area contributed by atoms with Crippen LogP contribution in [0.3, 0.4) is 0 Å². The Labute approximate surface area is 99.5 Å². The monoisotopic (exact) mass is 220 g/mol. The molecule has 0 fully saturated rings. The minimum absolute atomic E-state index is 0.00499. The fraction of sp³-hybridized carbons (Fsp3) is 0.600. The smallest absolute Gasteiger partial charge is 0.122 e. The molecule has 0 saturated carbocycles. The molecule has 0 unspecified atom stereocenters. The molecule has 0 aliphatic carbocycles. The lowest BCUT2D eigenvalue weighted by Gasteiger charge is -2.24. The molecule has 1 N–H and O–H groups in total. The molecule has 0 bridgehead atoms. The molecule has 0 amide bonds. The van der Waals surface area contributed by atoms with Gasteiger partial charge in [-0.15, -0.1) is 0 Å². The van der Waals surface area contributed by atoms with E-state index in [1.165, 1.54) is 11.1 Å². The van der Waals surface area contributed by atoms with Crippen molar-refractivity contribution in [3.05, 3.63) is 28.3 Å². The van der Waals surface area contributed by atoms with Crippen LogP contribution in [0, 0.1) is 13.8 Å². The summed E-state index contributed by atoms with van der Waals surface area (Å²) in [7, 11) is 0. The zero-order valence-corrected chi connectivity index (χ0v) is 11.4. The highest BCUT2D eigenvalue weighted by atomic mass is 16.3. The van der Waals surface area contributed by atoms with Gasteiger partial charge in [0.25, 0.3) is 0 Å². The molecule has 0 aromatic heterocycles. The third-order valence-corrected chi connectivity index (χ3v) is 3.30. The maximum atomic E-state index is 10.2. The van der Waals surface area contributed by atoms with Crippen molar-refractivity contribution in [1.29, 1.82) is 0 Å². The Morgan fingerprint density at radius 1 is 1.12 bits per heavy atom. The summed E-state index contributed by atoms with van der Waals surface area (Å²) in [5, 5.41) is 10.2. The molecule has 1 aromatic carbocycles. The van der Waals surface area contributed by atoms with Crippen LogP contribution in [-0.2, 0) is 11.8 Å². The average molecular weight is 220 g/mol. The molecule has 0 heterocycles. The van der Waals surface area contributed by atoms with Crippen molar-refractivity contribution in [3.8, 4) is 5.75 Å². The van der Waals surface area contributed by atoms with Gasteiger partial charge in [-0.25, -0.2) is 0 Å². The number of benzene rings is 1. The molecule has 16 heavy (non-hydrogen) atoms. The predicted octanol–water partition coefficient (Wildman–Crippen LogP) is 4.26. The quantitative estimate of drug-likeness (QED) is 0.789. The Bertz CT molecular complexity index is 383. The van der Waals surface area contributed by atoms with Gasteiger partial charge >= 0.3 is 0 Å². The predicted molar refractivity (Wildman–Crippen MR) is 70.3 cm³/mol. The first-order chi connectivity index (χ1) is 7.29. The van der Waals surface area contributed by atoms with Crippen molar-refractivity contribution in [2.75, 3.05) is 0 Å². The summed E-state index contributed by atoms with van der Waals surface area (Å²) in [6.07, 6.45) is 2.24. The molecule has 0 aliphatic heterocycles. The molecule has 1 heteroatoms. The van der Waals surface area contributed by atoms with Crippen molar-refractivity contribution in [1.82, 2.24) is 0 Å². The topological polar surface area (TPSA) is 20.2 Å². The van der Waals surface area contributed by atoms with Gasteiger partial charge in [-0.1, -0.05) is 40.2 Å². The molecular formula is C15H24O. The maximum Gasteiger partial charge on any atom is 0.122 e. The number of aryl methyl sites for hydroxylation is 1. The summed E-state index contributed by atoms with van der Waals surface area (Å²) in [6, 6.07) is 2.18. The van der Waals surface area contributed by atoms with E-state index in [9.17, 15) is 5.11 Å². The van der Waals surface area contributed by atoms with Gasteiger partial charge in [-0.3, -0.25) is 0 Å². The lowest BCUT2D eigenvalue weighted by atomic mass is 9.82. The SMILES string of the molecule is CCCc1cc(C(C)(C)C)c(O)c(C)c1C. The Morgan fingerprint density at radius 3 is 2.12 bits per heavy atom. The maximum absolute atomic E-state index is 10.2. The highest BCUT2D eigenvalue weighted by molar-refractivity contribution is 5.51.